The molecule has 0 fully saturated rings. The minimum Gasteiger partial charge on any atom is -0.294 e. The lowest BCUT2D eigenvalue weighted by Crippen LogP contribution is -2.12. The van der Waals surface area contributed by atoms with Crippen molar-refractivity contribution >= 4 is 5.78 Å². The van der Waals surface area contributed by atoms with E-state index in [0.717, 1.165) is 5.56 Å². The molecule has 0 saturated carbocycles. The van der Waals surface area contributed by atoms with E-state index in [2.05, 4.69) is 52.0 Å². The van der Waals surface area contributed by atoms with Gasteiger partial charge >= 0.3 is 0 Å². The predicted molar refractivity (Wildman–Crippen MR) is 106 cm³/mol. The molecule has 25 heavy (non-hydrogen) atoms. The first kappa shape index (κ1) is 17.9. The fraction of sp³-hybridized carbons (Fsp3) is 0.458. The lowest BCUT2D eigenvalue weighted by atomic mass is 9.86. The first-order valence-corrected chi connectivity index (χ1v) is 9.60. The van der Waals surface area contributed by atoms with E-state index in [1.54, 1.807) is 0 Å². The van der Waals surface area contributed by atoms with Gasteiger partial charge in [-0.25, -0.2) is 0 Å². The summed E-state index contributed by atoms with van der Waals surface area (Å²) in [6.45, 7) is 8.80. The maximum Gasteiger partial charge on any atom is 0.167 e. The smallest absolute Gasteiger partial charge is 0.167 e. The van der Waals surface area contributed by atoms with Crippen LogP contribution >= 0.6 is 0 Å². The van der Waals surface area contributed by atoms with E-state index in [1.165, 1.54) is 59.9 Å². The van der Waals surface area contributed by atoms with Gasteiger partial charge in [-0.2, -0.15) is 0 Å². The molecule has 1 aliphatic carbocycles. The van der Waals surface area contributed by atoms with Crippen LogP contribution in [0.3, 0.4) is 0 Å². The molecule has 1 nitrogen and oxygen atoms in total. The number of carbonyl (C=O) groups is 1. The van der Waals surface area contributed by atoms with E-state index >= 15 is 0 Å². The molecule has 0 atom stereocenters. The Morgan fingerprint density at radius 1 is 0.920 bits per heavy atom. The van der Waals surface area contributed by atoms with Crippen molar-refractivity contribution in [1.82, 2.24) is 0 Å². The van der Waals surface area contributed by atoms with E-state index in [4.69, 9.17) is 0 Å². The van der Waals surface area contributed by atoms with Crippen LogP contribution in [-0.2, 0) is 24.7 Å². The quantitative estimate of drug-likeness (QED) is 0.498. The molecule has 0 radical (unpaired) electrons. The number of hydrogen-bond donors (Lipinski definition) is 0. The van der Waals surface area contributed by atoms with Crippen molar-refractivity contribution in [2.24, 2.45) is 0 Å². The lowest BCUT2D eigenvalue weighted by Gasteiger charge is -2.19. The van der Waals surface area contributed by atoms with Gasteiger partial charge in [-0.1, -0.05) is 63.6 Å². The van der Waals surface area contributed by atoms with Crippen molar-refractivity contribution in [1.29, 1.82) is 0 Å². The highest BCUT2D eigenvalue weighted by Gasteiger charge is 2.17. The fourth-order valence-electron chi connectivity index (χ4n) is 3.86. The summed E-state index contributed by atoms with van der Waals surface area (Å²) >= 11 is 0. The fourth-order valence-corrected chi connectivity index (χ4v) is 3.86. The molecule has 0 heterocycles. The Balaban J connectivity index is 1.80. The normalized spacial score (nSPS) is 14.7. The average Bonchev–Trinajstić information content (AvgIpc) is 2.82. The number of aryl methyl sites for hydroxylation is 1. The molecule has 0 N–H and O–H groups in total. The Morgan fingerprint density at radius 2 is 1.60 bits per heavy atom. The molecule has 132 valence electrons. The van der Waals surface area contributed by atoms with E-state index < -0.39 is 0 Å². The van der Waals surface area contributed by atoms with Crippen LogP contribution in [0.15, 0.2) is 36.4 Å². The summed E-state index contributed by atoms with van der Waals surface area (Å²) < 4.78 is 0. The molecule has 0 bridgehead atoms. The number of fused-ring (bicyclic) bond motifs is 1. The van der Waals surface area contributed by atoms with Gasteiger partial charge in [-0.05, 0) is 65.8 Å². The minimum atomic E-state index is 0.120. The van der Waals surface area contributed by atoms with Crippen molar-refractivity contribution in [2.45, 2.75) is 71.6 Å². The molecule has 0 unspecified atom stereocenters. The van der Waals surface area contributed by atoms with Crippen LogP contribution in [0, 0.1) is 6.92 Å². The second-order valence-corrected chi connectivity index (χ2v) is 8.48. The van der Waals surface area contributed by atoms with E-state index in [-0.39, 0.29) is 11.2 Å². The van der Waals surface area contributed by atoms with Crippen molar-refractivity contribution in [3.63, 3.8) is 0 Å². The Bertz CT molecular complexity index is 760. The summed E-state index contributed by atoms with van der Waals surface area (Å²) in [5.74, 6) is 0.220. The molecular weight excluding hydrogens is 304 g/mol. The highest BCUT2D eigenvalue weighted by Crippen LogP contribution is 2.27. The second kappa shape index (κ2) is 7.15. The van der Waals surface area contributed by atoms with Gasteiger partial charge in [0.15, 0.2) is 5.78 Å². The molecule has 0 spiro atoms. The van der Waals surface area contributed by atoms with Crippen molar-refractivity contribution in [3.8, 4) is 0 Å². The standard InChI is InChI=1S/C24H30O/c1-17-20(11-10-18-8-6-5-7-9-22(17)18)16-23(25)19-12-14-21(15-13-19)24(2,3)4/h10-15H,5-9,16H2,1-4H3. The molecule has 2 aromatic rings. The maximum atomic E-state index is 12.8. The van der Waals surface area contributed by atoms with Gasteiger partial charge in [-0.15, -0.1) is 0 Å². The van der Waals surface area contributed by atoms with Crippen LogP contribution in [0.5, 0.6) is 0 Å². The first-order chi connectivity index (χ1) is 11.9. The van der Waals surface area contributed by atoms with E-state index in [9.17, 15) is 4.79 Å². The van der Waals surface area contributed by atoms with Crippen LogP contribution in [-0.4, -0.2) is 5.78 Å². The van der Waals surface area contributed by atoms with Crippen molar-refractivity contribution in [2.75, 3.05) is 0 Å². The second-order valence-electron chi connectivity index (χ2n) is 8.48. The van der Waals surface area contributed by atoms with Crippen LogP contribution in [0.1, 0.15) is 78.2 Å². The summed E-state index contributed by atoms with van der Waals surface area (Å²) in [4.78, 5) is 12.8. The highest BCUT2D eigenvalue weighted by atomic mass is 16.1. The number of rotatable bonds is 3. The van der Waals surface area contributed by atoms with Gasteiger partial charge in [0.25, 0.3) is 0 Å². The Kier molecular flexibility index (Phi) is 5.13. The molecular formula is C24H30O. The van der Waals surface area contributed by atoms with Gasteiger partial charge in [0, 0.05) is 12.0 Å². The Morgan fingerprint density at radius 3 is 2.28 bits per heavy atom. The van der Waals surface area contributed by atoms with Gasteiger partial charge in [0.05, 0.1) is 0 Å². The molecule has 0 saturated heterocycles. The van der Waals surface area contributed by atoms with Gasteiger partial charge in [0.2, 0.25) is 0 Å². The van der Waals surface area contributed by atoms with Gasteiger partial charge in [0.1, 0.15) is 0 Å². The third-order valence-electron chi connectivity index (χ3n) is 5.60. The Labute approximate surface area is 152 Å². The highest BCUT2D eigenvalue weighted by molar-refractivity contribution is 5.97. The topological polar surface area (TPSA) is 17.1 Å². The predicted octanol–water partition coefficient (Wildman–Crippen LogP) is 5.99. The molecule has 3 rings (SSSR count). The molecule has 0 aliphatic heterocycles. The summed E-state index contributed by atoms with van der Waals surface area (Å²) in [5, 5.41) is 0. The third-order valence-corrected chi connectivity index (χ3v) is 5.60. The number of carbonyl (C=O) groups excluding carboxylic acids is 1. The number of ketones is 1. The van der Waals surface area contributed by atoms with Crippen LogP contribution in [0.25, 0.3) is 0 Å². The number of benzene rings is 2. The summed E-state index contributed by atoms with van der Waals surface area (Å²) in [6.07, 6.45) is 6.77. The molecule has 2 aromatic carbocycles. The summed E-state index contributed by atoms with van der Waals surface area (Å²) in [5.41, 5.74) is 7.76. The van der Waals surface area contributed by atoms with Gasteiger partial charge < -0.3 is 0 Å². The zero-order valence-corrected chi connectivity index (χ0v) is 16.1. The van der Waals surface area contributed by atoms with Crippen LogP contribution in [0.2, 0.25) is 0 Å². The monoisotopic (exact) mass is 334 g/mol. The summed E-state index contributed by atoms with van der Waals surface area (Å²) in [7, 11) is 0. The molecule has 0 amide bonds. The SMILES string of the molecule is Cc1c(CC(=O)c2ccc(C(C)(C)C)cc2)ccc2c1CCCCC2. The van der Waals surface area contributed by atoms with Crippen LogP contribution in [0.4, 0.5) is 0 Å². The van der Waals surface area contributed by atoms with Crippen molar-refractivity contribution in [3.05, 3.63) is 69.8 Å². The molecule has 1 heteroatoms. The molecule has 1 aliphatic rings. The largest absolute Gasteiger partial charge is 0.294 e. The van der Waals surface area contributed by atoms with E-state index in [0.29, 0.717) is 6.42 Å². The number of hydrogen-bond acceptors (Lipinski definition) is 1. The zero-order valence-electron chi connectivity index (χ0n) is 16.1. The lowest BCUT2D eigenvalue weighted by molar-refractivity contribution is 0.0992. The first-order valence-electron chi connectivity index (χ1n) is 9.60. The van der Waals surface area contributed by atoms with Crippen LogP contribution < -0.4 is 0 Å². The Hall–Kier alpha value is -1.89. The third kappa shape index (κ3) is 4.03. The summed E-state index contributed by atoms with van der Waals surface area (Å²) in [6, 6.07) is 12.6. The van der Waals surface area contributed by atoms with Crippen molar-refractivity contribution < 1.29 is 4.79 Å². The van der Waals surface area contributed by atoms with Gasteiger partial charge in [-0.3, -0.25) is 4.79 Å². The van der Waals surface area contributed by atoms with E-state index in [1.807, 2.05) is 12.1 Å². The zero-order chi connectivity index (χ0) is 18.0. The minimum absolute atomic E-state index is 0.120. The average molecular weight is 335 g/mol. The maximum absolute atomic E-state index is 12.8. The number of Topliss-reactive ketones (excluding diaryl/α,β-unsaturated/α-hetero) is 1. The molecule has 0 aromatic heterocycles.